The molecule has 150 valence electrons. The molecule has 4 rings (SSSR count). The maximum absolute atomic E-state index is 12.9. The van der Waals surface area contributed by atoms with Crippen LogP contribution in [0.25, 0.3) is 17.1 Å². The van der Waals surface area contributed by atoms with Crippen molar-refractivity contribution in [3.05, 3.63) is 93.7 Å². The van der Waals surface area contributed by atoms with Crippen molar-refractivity contribution in [2.45, 2.75) is 20.8 Å². The summed E-state index contributed by atoms with van der Waals surface area (Å²) in [7, 11) is 0. The Labute approximate surface area is 183 Å². The number of benzene rings is 3. The SMILES string of the molecule is Cc1cccc(NC(=O)c2nc(-c3ccc(Br)cc3)n(-c3ccc(C)cc3C)n2)c1. The van der Waals surface area contributed by atoms with Crippen LogP contribution in [0.3, 0.4) is 0 Å². The van der Waals surface area contributed by atoms with E-state index in [2.05, 4.69) is 44.3 Å². The lowest BCUT2D eigenvalue weighted by molar-refractivity contribution is 0.101. The Balaban J connectivity index is 1.79. The third-order valence-corrected chi connectivity index (χ3v) is 5.30. The molecule has 0 bridgehead atoms. The fourth-order valence-corrected chi connectivity index (χ4v) is 3.58. The molecule has 0 saturated carbocycles. The second-order valence-electron chi connectivity index (χ2n) is 7.29. The van der Waals surface area contributed by atoms with Crippen molar-refractivity contribution in [3.8, 4) is 17.1 Å². The Bertz CT molecular complexity index is 1230. The van der Waals surface area contributed by atoms with Crippen molar-refractivity contribution in [3.63, 3.8) is 0 Å². The number of rotatable bonds is 4. The van der Waals surface area contributed by atoms with Gasteiger partial charge in [-0.3, -0.25) is 4.79 Å². The number of anilines is 1. The lowest BCUT2D eigenvalue weighted by Gasteiger charge is -2.10. The Hall–Kier alpha value is -3.25. The number of carbonyl (C=O) groups excluding carboxylic acids is 1. The van der Waals surface area contributed by atoms with Gasteiger partial charge in [-0.25, -0.2) is 9.67 Å². The van der Waals surface area contributed by atoms with E-state index in [1.54, 1.807) is 4.68 Å². The third kappa shape index (κ3) is 4.19. The van der Waals surface area contributed by atoms with E-state index in [0.717, 1.165) is 26.9 Å². The molecule has 6 heteroatoms. The molecule has 0 unspecified atom stereocenters. The minimum atomic E-state index is -0.345. The van der Waals surface area contributed by atoms with Crippen LogP contribution in [-0.4, -0.2) is 20.7 Å². The first-order valence-electron chi connectivity index (χ1n) is 9.59. The van der Waals surface area contributed by atoms with Crippen LogP contribution in [0.5, 0.6) is 0 Å². The van der Waals surface area contributed by atoms with Gasteiger partial charge in [0, 0.05) is 15.7 Å². The van der Waals surface area contributed by atoms with Crippen molar-refractivity contribution < 1.29 is 4.79 Å². The summed E-state index contributed by atoms with van der Waals surface area (Å²) in [6.45, 7) is 6.06. The third-order valence-electron chi connectivity index (χ3n) is 4.77. The standard InChI is InChI=1S/C24H21BrN4O/c1-15-5-4-6-20(14-15)26-24(30)22-27-23(18-8-10-19(25)11-9-18)29(28-22)21-12-7-16(2)13-17(21)3/h4-14H,1-3H3,(H,26,30). The van der Waals surface area contributed by atoms with Gasteiger partial charge in [0.1, 0.15) is 0 Å². The molecule has 0 fully saturated rings. The maximum atomic E-state index is 12.9. The zero-order valence-electron chi connectivity index (χ0n) is 17.0. The smallest absolute Gasteiger partial charge is 0.295 e. The maximum Gasteiger partial charge on any atom is 0.295 e. The first kappa shape index (κ1) is 20.0. The van der Waals surface area contributed by atoms with Crippen LogP contribution in [0.2, 0.25) is 0 Å². The number of amides is 1. The topological polar surface area (TPSA) is 59.8 Å². The van der Waals surface area contributed by atoms with Crippen LogP contribution in [0.15, 0.2) is 71.2 Å². The van der Waals surface area contributed by atoms with Crippen LogP contribution in [0.1, 0.15) is 27.3 Å². The van der Waals surface area contributed by atoms with E-state index in [9.17, 15) is 4.79 Å². The minimum absolute atomic E-state index is 0.120. The van der Waals surface area contributed by atoms with E-state index in [1.165, 1.54) is 5.56 Å². The van der Waals surface area contributed by atoms with Crippen molar-refractivity contribution in [2.24, 2.45) is 0 Å². The molecule has 0 aliphatic rings. The van der Waals surface area contributed by atoms with Crippen LogP contribution < -0.4 is 5.32 Å². The summed E-state index contributed by atoms with van der Waals surface area (Å²) in [5.74, 6) is 0.390. The highest BCUT2D eigenvalue weighted by molar-refractivity contribution is 9.10. The van der Waals surface area contributed by atoms with Gasteiger partial charge < -0.3 is 5.32 Å². The predicted molar refractivity (Wildman–Crippen MR) is 123 cm³/mol. The van der Waals surface area contributed by atoms with E-state index in [4.69, 9.17) is 0 Å². The van der Waals surface area contributed by atoms with Crippen molar-refractivity contribution >= 4 is 27.5 Å². The Morgan fingerprint density at radius 3 is 2.37 bits per heavy atom. The largest absolute Gasteiger partial charge is 0.319 e. The molecule has 0 spiro atoms. The summed E-state index contributed by atoms with van der Waals surface area (Å²) in [5.41, 5.74) is 5.77. The molecule has 1 amide bonds. The second-order valence-corrected chi connectivity index (χ2v) is 8.21. The first-order valence-corrected chi connectivity index (χ1v) is 10.4. The molecule has 3 aromatic carbocycles. The lowest BCUT2D eigenvalue weighted by atomic mass is 10.1. The number of hydrogen-bond donors (Lipinski definition) is 1. The summed E-state index contributed by atoms with van der Waals surface area (Å²) in [5, 5.41) is 7.46. The minimum Gasteiger partial charge on any atom is -0.319 e. The number of halogens is 1. The lowest BCUT2D eigenvalue weighted by Crippen LogP contribution is -2.14. The summed E-state index contributed by atoms with van der Waals surface area (Å²) >= 11 is 3.47. The fraction of sp³-hybridized carbons (Fsp3) is 0.125. The molecule has 0 aliphatic carbocycles. The van der Waals surface area contributed by atoms with Gasteiger partial charge in [0.25, 0.3) is 5.91 Å². The molecule has 1 aromatic heterocycles. The highest BCUT2D eigenvalue weighted by Crippen LogP contribution is 2.25. The Kier molecular flexibility index (Phi) is 5.50. The molecule has 30 heavy (non-hydrogen) atoms. The number of nitrogens with zero attached hydrogens (tertiary/aromatic N) is 3. The van der Waals surface area contributed by atoms with Crippen LogP contribution >= 0.6 is 15.9 Å². The van der Waals surface area contributed by atoms with Gasteiger partial charge in [-0.15, -0.1) is 5.10 Å². The molecule has 1 heterocycles. The molecule has 0 saturated heterocycles. The highest BCUT2D eigenvalue weighted by atomic mass is 79.9. The Morgan fingerprint density at radius 1 is 0.933 bits per heavy atom. The van der Waals surface area contributed by atoms with Crippen molar-refractivity contribution in [2.75, 3.05) is 5.32 Å². The number of carbonyl (C=O) groups is 1. The van der Waals surface area contributed by atoms with Gasteiger partial charge in [-0.1, -0.05) is 57.9 Å². The van der Waals surface area contributed by atoms with Crippen LogP contribution in [-0.2, 0) is 0 Å². The number of aromatic nitrogens is 3. The van der Waals surface area contributed by atoms with E-state index >= 15 is 0 Å². The number of aryl methyl sites for hydroxylation is 3. The van der Waals surface area contributed by atoms with E-state index in [1.807, 2.05) is 74.5 Å². The van der Waals surface area contributed by atoms with E-state index < -0.39 is 0 Å². The molecule has 4 aromatic rings. The molecule has 0 aliphatic heterocycles. The van der Waals surface area contributed by atoms with Gasteiger partial charge >= 0.3 is 0 Å². The zero-order valence-corrected chi connectivity index (χ0v) is 18.6. The number of nitrogens with one attached hydrogen (secondary N) is 1. The molecule has 0 radical (unpaired) electrons. The summed E-state index contributed by atoms with van der Waals surface area (Å²) < 4.78 is 2.71. The first-order chi connectivity index (χ1) is 14.4. The second kappa shape index (κ2) is 8.24. The van der Waals surface area contributed by atoms with E-state index in [-0.39, 0.29) is 11.7 Å². The average molecular weight is 461 g/mol. The summed E-state index contributed by atoms with van der Waals surface area (Å²) in [6, 6.07) is 21.6. The fourth-order valence-electron chi connectivity index (χ4n) is 3.31. The van der Waals surface area contributed by atoms with Gasteiger partial charge in [-0.2, -0.15) is 0 Å². The molecule has 5 nitrogen and oxygen atoms in total. The van der Waals surface area contributed by atoms with Gasteiger partial charge in [0.2, 0.25) is 5.82 Å². The summed E-state index contributed by atoms with van der Waals surface area (Å²) in [4.78, 5) is 17.5. The van der Waals surface area contributed by atoms with Gasteiger partial charge in [0.05, 0.1) is 5.69 Å². The Morgan fingerprint density at radius 2 is 1.67 bits per heavy atom. The van der Waals surface area contributed by atoms with Crippen LogP contribution in [0, 0.1) is 20.8 Å². The number of hydrogen-bond acceptors (Lipinski definition) is 3. The van der Waals surface area contributed by atoms with E-state index in [0.29, 0.717) is 11.5 Å². The van der Waals surface area contributed by atoms with Crippen LogP contribution in [0.4, 0.5) is 5.69 Å². The summed E-state index contributed by atoms with van der Waals surface area (Å²) in [6.07, 6.45) is 0. The molecular formula is C24H21BrN4O. The zero-order chi connectivity index (χ0) is 21.3. The van der Waals surface area contributed by atoms with Crippen molar-refractivity contribution in [1.29, 1.82) is 0 Å². The monoisotopic (exact) mass is 460 g/mol. The molecule has 0 atom stereocenters. The molecule has 1 N–H and O–H groups in total. The molecular weight excluding hydrogens is 440 g/mol. The quantitative estimate of drug-likeness (QED) is 0.413. The van der Waals surface area contributed by atoms with Gasteiger partial charge in [-0.05, 0) is 62.2 Å². The van der Waals surface area contributed by atoms with Crippen molar-refractivity contribution in [1.82, 2.24) is 14.8 Å². The predicted octanol–water partition coefficient (Wildman–Crippen LogP) is 5.87. The highest BCUT2D eigenvalue weighted by Gasteiger charge is 2.20. The van der Waals surface area contributed by atoms with Gasteiger partial charge in [0.15, 0.2) is 5.82 Å². The average Bonchev–Trinajstić information content (AvgIpc) is 3.14. The normalized spacial score (nSPS) is 10.8.